The summed E-state index contributed by atoms with van der Waals surface area (Å²) in [6.07, 6.45) is 37.1. The van der Waals surface area contributed by atoms with Crippen molar-refractivity contribution in [3.8, 4) is 0 Å². The number of carbonyl (C=O) groups excluding carboxylic acids is 1. The molecule has 0 aromatic rings. The zero-order valence-electron chi connectivity index (χ0n) is 32.7. The van der Waals surface area contributed by atoms with Gasteiger partial charge in [0.15, 0.2) is 0 Å². The fraction of sp³-hybridized carbons (Fsp3) is 0.933. The van der Waals surface area contributed by atoms with Crippen LogP contribution in [-0.2, 0) is 9.53 Å². The van der Waals surface area contributed by atoms with Crippen molar-refractivity contribution in [3.05, 3.63) is 11.6 Å². The molecule has 0 aliphatic heterocycles. The second-order valence-corrected chi connectivity index (χ2v) is 18.4. The van der Waals surface area contributed by atoms with E-state index in [1.165, 1.54) is 141 Å². The summed E-state index contributed by atoms with van der Waals surface area (Å²) >= 11 is 0. The van der Waals surface area contributed by atoms with Crippen molar-refractivity contribution in [1.82, 2.24) is 0 Å². The van der Waals surface area contributed by atoms with Crippen molar-refractivity contribution >= 4 is 5.97 Å². The molecule has 48 heavy (non-hydrogen) atoms. The minimum Gasteiger partial charge on any atom is -0.462 e. The Bertz CT molecular complexity index is 954. The zero-order chi connectivity index (χ0) is 34.4. The van der Waals surface area contributed by atoms with Crippen molar-refractivity contribution < 1.29 is 14.6 Å². The average molecular weight is 669 g/mol. The maximum Gasteiger partial charge on any atom is 0.306 e. The topological polar surface area (TPSA) is 46.5 Å². The molecular weight excluding hydrogens is 588 g/mol. The second kappa shape index (κ2) is 20.3. The third-order valence-corrected chi connectivity index (χ3v) is 14.6. The zero-order valence-corrected chi connectivity index (χ0v) is 32.7. The molecule has 0 bridgehead atoms. The number of ether oxygens (including phenoxy) is 1. The van der Waals surface area contributed by atoms with E-state index in [0.717, 1.165) is 61.2 Å². The monoisotopic (exact) mass is 669 g/mol. The SMILES string of the molecule is CC(C)CCC[C@@H](C)[C@H]1CC[C@H]2[C@@H]3CC=C4CC(OC(=O)CCCCCCCCCCCCCCCCCO)CC[C@]4(C)[C@H]3CC[C@]12C. The van der Waals surface area contributed by atoms with Crippen LogP contribution in [0.3, 0.4) is 0 Å². The van der Waals surface area contributed by atoms with Gasteiger partial charge in [0.1, 0.15) is 6.10 Å². The summed E-state index contributed by atoms with van der Waals surface area (Å²) in [6.45, 7) is 13.0. The van der Waals surface area contributed by atoms with Gasteiger partial charge in [0.25, 0.3) is 0 Å². The van der Waals surface area contributed by atoms with Crippen LogP contribution in [0.1, 0.15) is 208 Å². The lowest BCUT2D eigenvalue weighted by Gasteiger charge is -2.58. The molecule has 1 N–H and O–H groups in total. The van der Waals surface area contributed by atoms with Gasteiger partial charge in [-0.2, -0.15) is 0 Å². The Labute approximate surface area is 298 Å². The number of fused-ring (bicyclic) bond motifs is 5. The number of carbonyl (C=O) groups is 1. The highest BCUT2D eigenvalue weighted by Crippen LogP contribution is 2.67. The van der Waals surface area contributed by atoms with Crippen LogP contribution in [0.4, 0.5) is 0 Å². The first-order valence-electron chi connectivity index (χ1n) is 21.7. The van der Waals surface area contributed by atoms with Crippen molar-refractivity contribution in [1.29, 1.82) is 0 Å². The maximum atomic E-state index is 12.8. The Balaban J connectivity index is 1.08. The van der Waals surface area contributed by atoms with Crippen LogP contribution < -0.4 is 0 Å². The van der Waals surface area contributed by atoms with Gasteiger partial charge in [0, 0.05) is 19.4 Å². The van der Waals surface area contributed by atoms with Gasteiger partial charge in [-0.15, -0.1) is 0 Å². The summed E-state index contributed by atoms with van der Waals surface area (Å²) < 4.78 is 6.13. The molecule has 0 saturated heterocycles. The highest BCUT2D eigenvalue weighted by atomic mass is 16.5. The number of unbranched alkanes of at least 4 members (excludes halogenated alkanes) is 14. The minimum atomic E-state index is 0.0548. The first-order chi connectivity index (χ1) is 23.2. The summed E-state index contributed by atoms with van der Waals surface area (Å²) in [7, 11) is 0. The van der Waals surface area contributed by atoms with Crippen molar-refractivity contribution in [2.75, 3.05) is 6.61 Å². The van der Waals surface area contributed by atoms with Gasteiger partial charge in [-0.05, 0) is 104 Å². The number of aliphatic hydroxyl groups excluding tert-OH is 1. The fourth-order valence-electron chi connectivity index (χ4n) is 11.7. The Kier molecular flexibility index (Phi) is 16.9. The van der Waals surface area contributed by atoms with E-state index < -0.39 is 0 Å². The van der Waals surface area contributed by atoms with E-state index in [1.54, 1.807) is 5.57 Å². The summed E-state index contributed by atoms with van der Waals surface area (Å²) in [5, 5.41) is 8.84. The van der Waals surface area contributed by atoms with E-state index in [0.29, 0.717) is 23.9 Å². The molecule has 3 fully saturated rings. The minimum absolute atomic E-state index is 0.0548. The van der Waals surface area contributed by atoms with E-state index >= 15 is 0 Å². The van der Waals surface area contributed by atoms with Gasteiger partial charge in [-0.3, -0.25) is 4.79 Å². The first-order valence-corrected chi connectivity index (χ1v) is 21.7. The summed E-state index contributed by atoms with van der Waals surface area (Å²) in [6, 6.07) is 0. The van der Waals surface area contributed by atoms with E-state index in [-0.39, 0.29) is 12.1 Å². The second-order valence-electron chi connectivity index (χ2n) is 18.4. The van der Waals surface area contributed by atoms with Crippen molar-refractivity contribution in [2.45, 2.75) is 214 Å². The molecule has 0 aromatic heterocycles. The third-order valence-electron chi connectivity index (χ3n) is 14.6. The lowest BCUT2D eigenvalue weighted by Crippen LogP contribution is -2.51. The van der Waals surface area contributed by atoms with Gasteiger partial charge in [-0.1, -0.05) is 149 Å². The van der Waals surface area contributed by atoms with E-state index in [4.69, 9.17) is 9.84 Å². The molecule has 8 atom stereocenters. The Morgan fingerprint density at radius 3 is 1.96 bits per heavy atom. The van der Waals surface area contributed by atoms with Crippen molar-refractivity contribution in [2.24, 2.45) is 46.3 Å². The van der Waals surface area contributed by atoms with Crippen LogP contribution in [0.15, 0.2) is 11.6 Å². The Hall–Kier alpha value is -0.830. The molecule has 3 nitrogen and oxygen atoms in total. The maximum absolute atomic E-state index is 12.8. The largest absolute Gasteiger partial charge is 0.462 e. The number of allylic oxidation sites excluding steroid dienone is 1. The smallest absolute Gasteiger partial charge is 0.306 e. The Morgan fingerprint density at radius 2 is 1.35 bits per heavy atom. The van der Waals surface area contributed by atoms with Gasteiger partial charge in [0.2, 0.25) is 0 Å². The normalized spacial score (nSPS) is 32.0. The van der Waals surface area contributed by atoms with Gasteiger partial charge < -0.3 is 9.84 Å². The molecule has 4 rings (SSSR count). The lowest BCUT2D eigenvalue weighted by molar-refractivity contribution is -0.151. The number of hydrogen-bond donors (Lipinski definition) is 1. The molecule has 0 aromatic carbocycles. The van der Waals surface area contributed by atoms with Crippen LogP contribution in [0.2, 0.25) is 0 Å². The molecule has 3 heteroatoms. The van der Waals surface area contributed by atoms with Crippen LogP contribution >= 0.6 is 0 Å². The molecule has 278 valence electrons. The highest BCUT2D eigenvalue weighted by molar-refractivity contribution is 5.69. The summed E-state index contributed by atoms with van der Waals surface area (Å²) in [5.41, 5.74) is 2.52. The van der Waals surface area contributed by atoms with Crippen LogP contribution in [-0.4, -0.2) is 23.8 Å². The van der Waals surface area contributed by atoms with E-state index in [1.807, 2.05) is 0 Å². The molecule has 3 saturated carbocycles. The number of esters is 1. The van der Waals surface area contributed by atoms with Crippen LogP contribution in [0, 0.1) is 46.3 Å². The molecule has 0 heterocycles. The predicted octanol–water partition coefficient (Wildman–Crippen LogP) is 13.2. The first kappa shape index (κ1) is 39.9. The molecule has 4 aliphatic carbocycles. The number of aliphatic hydroxyl groups is 1. The Morgan fingerprint density at radius 1 is 0.750 bits per heavy atom. The van der Waals surface area contributed by atoms with Gasteiger partial charge >= 0.3 is 5.97 Å². The fourth-order valence-corrected chi connectivity index (χ4v) is 11.7. The number of rotatable bonds is 23. The molecule has 4 aliphatic rings. The molecular formula is C45H80O3. The number of hydrogen-bond acceptors (Lipinski definition) is 3. The lowest BCUT2D eigenvalue weighted by atomic mass is 9.47. The molecule has 0 radical (unpaired) electrons. The van der Waals surface area contributed by atoms with Crippen LogP contribution in [0.5, 0.6) is 0 Å². The molecule has 0 amide bonds. The highest BCUT2D eigenvalue weighted by Gasteiger charge is 2.59. The van der Waals surface area contributed by atoms with E-state index in [9.17, 15) is 4.79 Å². The predicted molar refractivity (Wildman–Crippen MR) is 204 cm³/mol. The van der Waals surface area contributed by atoms with Crippen molar-refractivity contribution in [3.63, 3.8) is 0 Å². The average Bonchev–Trinajstić information content (AvgIpc) is 3.42. The molecule has 0 spiro atoms. The quantitative estimate of drug-likeness (QED) is 0.0669. The van der Waals surface area contributed by atoms with Gasteiger partial charge in [-0.25, -0.2) is 0 Å². The van der Waals surface area contributed by atoms with Gasteiger partial charge in [0.05, 0.1) is 0 Å². The third kappa shape index (κ3) is 11.1. The summed E-state index contributed by atoms with van der Waals surface area (Å²) in [4.78, 5) is 12.8. The van der Waals surface area contributed by atoms with Crippen LogP contribution in [0.25, 0.3) is 0 Å². The van der Waals surface area contributed by atoms with E-state index in [2.05, 4.69) is 40.7 Å². The summed E-state index contributed by atoms with van der Waals surface area (Å²) in [5.74, 6) is 5.30. The molecule has 1 unspecified atom stereocenters. The standard InChI is InChI=1S/C45H80O3/c1-35(2)22-21-23-36(3)40-27-28-41-39-26-25-37-34-38(29-31-44(37,4)42(39)30-32-45(40,41)5)48-43(47)24-19-17-15-13-11-9-7-6-8-10-12-14-16-18-20-33-46/h25,35-36,38-42,46H,6-24,26-34H2,1-5H3/t36-,38?,39+,40-,41+,42+,44+,45-/m1/s1.